The van der Waals surface area contributed by atoms with Crippen molar-refractivity contribution >= 4 is 44.9 Å². The molecule has 5 rings (SSSR count). The summed E-state index contributed by atoms with van der Waals surface area (Å²) in [7, 11) is 0. The molecule has 0 bridgehead atoms. The van der Waals surface area contributed by atoms with Crippen molar-refractivity contribution in [2.24, 2.45) is 4.99 Å². The molecule has 0 saturated heterocycles. The molecule has 38 heavy (non-hydrogen) atoms. The first-order chi connectivity index (χ1) is 18.4. The Bertz CT molecular complexity index is 1720. The van der Waals surface area contributed by atoms with E-state index in [2.05, 4.69) is 26.2 Å². The molecule has 192 valence electrons. The fourth-order valence-corrected chi connectivity index (χ4v) is 5.76. The number of para-hydroxylation sites is 1. The number of allylic oxidation sites excluding steroid dienone is 1. The number of thiazole rings is 1. The summed E-state index contributed by atoms with van der Waals surface area (Å²) in [5, 5.41) is 13.3. The third kappa shape index (κ3) is 5.07. The van der Waals surface area contributed by atoms with Crippen LogP contribution in [0.1, 0.15) is 31.0 Å². The average Bonchev–Trinajstić information content (AvgIpc) is 3.21. The van der Waals surface area contributed by atoms with Crippen molar-refractivity contribution in [3.63, 3.8) is 0 Å². The lowest BCUT2D eigenvalue weighted by atomic mass is 9.95. The number of fused-ring (bicyclic) bond motifs is 1. The van der Waals surface area contributed by atoms with Gasteiger partial charge in [0.1, 0.15) is 11.5 Å². The molecule has 3 aromatic carbocycles. The van der Waals surface area contributed by atoms with Crippen LogP contribution in [0.3, 0.4) is 0 Å². The molecule has 0 fully saturated rings. The summed E-state index contributed by atoms with van der Waals surface area (Å²) in [4.78, 5) is 32.6. The number of carbonyl (C=O) groups is 1. The maximum atomic E-state index is 13.8. The third-order valence-corrected chi connectivity index (χ3v) is 7.56. The summed E-state index contributed by atoms with van der Waals surface area (Å²) in [5.74, 6) is 0.418. The molecule has 2 heterocycles. The molecule has 1 atom stereocenters. The summed E-state index contributed by atoms with van der Waals surface area (Å²) in [6.07, 6.45) is 1.64. The molecule has 1 amide bonds. The van der Waals surface area contributed by atoms with E-state index >= 15 is 0 Å². The van der Waals surface area contributed by atoms with E-state index in [0.29, 0.717) is 44.2 Å². The number of phenolic OH excluding ortho intramolecular Hbond substituents is 1. The molecular formula is C29H24BrN3O4S. The number of nitrogens with zero attached hydrogens (tertiary/aromatic N) is 2. The number of anilines is 1. The van der Waals surface area contributed by atoms with E-state index in [1.165, 1.54) is 11.3 Å². The van der Waals surface area contributed by atoms with E-state index in [1.54, 1.807) is 47.9 Å². The molecule has 1 aromatic heterocycles. The normalized spacial score (nSPS) is 15.1. The summed E-state index contributed by atoms with van der Waals surface area (Å²) < 4.78 is 8.32. The van der Waals surface area contributed by atoms with Crippen molar-refractivity contribution in [3.05, 3.63) is 119 Å². The Morgan fingerprint density at radius 1 is 1.16 bits per heavy atom. The van der Waals surface area contributed by atoms with Gasteiger partial charge in [-0.2, -0.15) is 0 Å². The van der Waals surface area contributed by atoms with Crippen LogP contribution >= 0.6 is 27.3 Å². The maximum absolute atomic E-state index is 13.8. The Morgan fingerprint density at radius 2 is 1.89 bits per heavy atom. The van der Waals surface area contributed by atoms with E-state index < -0.39 is 6.04 Å². The number of hydrogen-bond acceptors (Lipinski definition) is 6. The number of rotatable bonds is 6. The Balaban J connectivity index is 1.67. The zero-order valence-corrected chi connectivity index (χ0v) is 23.0. The first kappa shape index (κ1) is 25.7. The van der Waals surface area contributed by atoms with Crippen LogP contribution in [-0.4, -0.2) is 22.2 Å². The van der Waals surface area contributed by atoms with Gasteiger partial charge in [-0.1, -0.05) is 57.6 Å². The largest absolute Gasteiger partial charge is 0.507 e. The fraction of sp³-hybridized carbons (Fsp3) is 0.138. The highest BCUT2D eigenvalue weighted by Crippen LogP contribution is 2.32. The number of phenols is 1. The molecule has 4 aromatic rings. The molecule has 0 saturated carbocycles. The first-order valence-electron chi connectivity index (χ1n) is 12.0. The zero-order valence-electron chi connectivity index (χ0n) is 20.6. The number of nitrogens with one attached hydrogen (secondary N) is 1. The minimum atomic E-state index is -0.705. The second kappa shape index (κ2) is 10.8. The predicted octanol–water partition coefficient (Wildman–Crippen LogP) is 4.74. The number of ether oxygens (including phenoxy) is 1. The number of carbonyl (C=O) groups excluding carboxylic acids is 1. The van der Waals surface area contributed by atoms with Crippen LogP contribution in [-0.2, 0) is 4.79 Å². The van der Waals surface area contributed by atoms with Crippen LogP contribution in [0.4, 0.5) is 5.69 Å². The van der Waals surface area contributed by atoms with Gasteiger partial charge >= 0.3 is 0 Å². The summed E-state index contributed by atoms with van der Waals surface area (Å²) in [6, 6.07) is 20.9. The number of aromatic nitrogens is 1. The van der Waals surface area contributed by atoms with Crippen molar-refractivity contribution in [2.75, 3.05) is 11.9 Å². The first-order valence-corrected chi connectivity index (χ1v) is 13.6. The van der Waals surface area contributed by atoms with E-state index in [4.69, 9.17) is 4.74 Å². The molecule has 0 aliphatic carbocycles. The van der Waals surface area contributed by atoms with Crippen molar-refractivity contribution < 1.29 is 14.6 Å². The van der Waals surface area contributed by atoms with Crippen LogP contribution in [0.2, 0.25) is 0 Å². The highest BCUT2D eigenvalue weighted by molar-refractivity contribution is 9.10. The minimum absolute atomic E-state index is 0.0567. The maximum Gasteiger partial charge on any atom is 0.271 e. The van der Waals surface area contributed by atoms with Gasteiger partial charge in [-0.3, -0.25) is 14.2 Å². The zero-order chi connectivity index (χ0) is 26.8. The average molecular weight is 590 g/mol. The summed E-state index contributed by atoms with van der Waals surface area (Å²) in [6.45, 7) is 4.22. The van der Waals surface area contributed by atoms with Gasteiger partial charge in [-0.15, -0.1) is 0 Å². The van der Waals surface area contributed by atoms with Gasteiger partial charge < -0.3 is 15.2 Å². The van der Waals surface area contributed by atoms with Crippen molar-refractivity contribution in [3.8, 4) is 11.5 Å². The van der Waals surface area contributed by atoms with Crippen LogP contribution < -0.4 is 24.9 Å². The molecule has 0 unspecified atom stereocenters. The molecule has 1 aliphatic rings. The Hall–Kier alpha value is -3.95. The van der Waals surface area contributed by atoms with E-state index in [1.807, 2.05) is 49.4 Å². The Morgan fingerprint density at radius 3 is 2.61 bits per heavy atom. The smallest absolute Gasteiger partial charge is 0.271 e. The van der Waals surface area contributed by atoms with Crippen LogP contribution in [0.5, 0.6) is 11.5 Å². The lowest BCUT2D eigenvalue weighted by molar-refractivity contribution is -0.113. The van der Waals surface area contributed by atoms with Gasteiger partial charge in [0.25, 0.3) is 11.5 Å². The minimum Gasteiger partial charge on any atom is -0.507 e. The van der Waals surface area contributed by atoms with Crippen molar-refractivity contribution in [1.29, 1.82) is 0 Å². The summed E-state index contributed by atoms with van der Waals surface area (Å²) >= 11 is 4.62. The number of aromatic hydroxyl groups is 1. The van der Waals surface area contributed by atoms with Gasteiger partial charge in [-0.25, -0.2) is 4.99 Å². The number of hydrogen-bond donors (Lipinski definition) is 2. The second-order valence-corrected chi connectivity index (χ2v) is 10.5. The van der Waals surface area contributed by atoms with Crippen LogP contribution in [0.25, 0.3) is 6.08 Å². The standard InChI is InChI=1S/C29H24BrN3O4S/c1-3-37-22-12-9-18(10-13-22)26-25(27(35)32-21-7-5-4-6-8-21)17(2)31-29-33(26)28(36)24(38-29)16-19-15-20(30)11-14-23(19)34/h4-16,26,34H,3H2,1-2H3,(H,32,35)/b24-16-/t26-/m0/s1. The quantitative estimate of drug-likeness (QED) is 0.340. The predicted molar refractivity (Wildman–Crippen MR) is 152 cm³/mol. The molecule has 9 heteroatoms. The lowest BCUT2D eigenvalue weighted by Crippen LogP contribution is -2.40. The van der Waals surface area contributed by atoms with Gasteiger partial charge in [-0.05, 0) is 68.0 Å². The Labute approximate surface area is 231 Å². The van der Waals surface area contributed by atoms with Crippen molar-refractivity contribution in [1.82, 2.24) is 4.57 Å². The fourth-order valence-electron chi connectivity index (χ4n) is 4.34. The van der Waals surface area contributed by atoms with Crippen molar-refractivity contribution in [2.45, 2.75) is 19.9 Å². The molecule has 0 spiro atoms. The monoisotopic (exact) mass is 589 g/mol. The van der Waals surface area contributed by atoms with Gasteiger partial charge in [0.05, 0.1) is 28.5 Å². The Kier molecular flexibility index (Phi) is 7.31. The molecule has 2 N–H and O–H groups in total. The topological polar surface area (TPSA) is 92.9 Å². The molecular weight excluding hydrogens is 566 g/mol. The highest BCUT2D eigenvalue weighted by atomic mass is 79.9. The summed E-state index contributed by atoms with van der Waals surface area (Å²) in [5.41, 5.74) is 2.49. The molecule has 1 aliphatic heterocycles. The highest BCUT2D eigenvalue weighted by Gasteiger charge is 2.32. The SMILES string of the molecule is CCOc1ccc([C@H]2C(C(=O)Nc3ccccc3)=C(C)N=c3s/c(=C\c4cc(Br)ccc4O)c(=O)n32)cc1. The van der Waals surface area contributed by atoms with Gasteiger partial charge in [0, 0.05) is 15.7 Å². The van der Waals surface area contributed by atoms with E-state index in [0.717, 1.165) is 10.0 Å². The third-order valence-electron chi connectivity index (χ3n) is 6.08. The van der Waals surface area contributed by atoms with E-state index in [9.17, 15) is 14.7 Å². The number of benzene rings is 3. The van der Waals surface area contributed by atoms with Gasteiger partial charge in [0.15, 0.2) is 4.80 Å². The second-order valence-electron chi connectivity index (χ2n) is 8.61. The number of amides is 1. The number of halogens is 1. The van der Waals surface area contributed by atoms with Crippen LogP contribution in [0, 0.1) is 0 Å². The van der Waals surface area contributed by atoms with Crippen LogP contribution in [0.15, 0.2) is 98.3 Å². The van der Waals surface area contributed by atoms with E-state index in [-0.39, 0.29) is 17.2 Å². The van der Waals surface area contributed by atoms with Gasteiger partial charge in [0.2, 0.25) is 0 Å². The molecule has 0 radical (unpaired) electrons. The lowest BCUT2D eigenvalue weighted by Gasteiger charge is -2.25. The molecule has 7 nitrogen and oxygen atoms in total.